The molecule has 0 radical (unpaired) electrons. The van der Waals surface area contributed by atoms with Crippen LogP contribution in [0.4, 0.5) is 4.39 Å². The van der Waals surface area contributed by atoms with E-state index >= 15 is 0 Å². The average Bonchev–Trinajstić information content (AvgIpc) is 2.32. The van der Waals surface area contributed by atoms with Crippen molar-refractivity contribution in [2.24, 2.45) is 0 Å². The summed E-state index contributed by atoms with van der Waals surface area (Å²) in [6.45, 7) is 0. The van der Waals surface area contributed by atoms with Crippen molar-refractivity contribution < 1.29 is 19.0 Å². The van der Waals surface area contributed by atoms with E-state index in [0.29, 0.717) is 22.3 Å². The van der Waals surface area contributed by atoms with Crippen LogP contribution in [0, 0.1) is 5.82 Å². The Morgan fingerprint density at radius 1 is 1.06 bits per heavy atom. The smallest absolute Gasteiger partial charge is 0.165 e. The molecule has 0 heterocycles. The first-order valence-electron chi connectivity index (χ1n) is 4.70. The van der Waals surface area contributed by atoms with Crippen LogP contribution >= 0.6 is 0 Å². The molecule has 2 rings (SSSR count). The molecule has 3 nitrogen and oxygen atoms in total. The number of ether oxygens (including phenoxy) is 2. The van der Waals surface area contributed by atoms with E-state index in [1.165, 1.54) is 20.3 Å². The molecule has 0 bridgehead atoms. The van der Waals surface area contributed by atoms with Crippen molar-refractivity contribution in [2.75, 3.05) is 14.2 Å². The summed E-state index contributed by atoms with van der Waals surface area (Å²) in [5, 5.41) is 10.7. The van der Waals surface area contributed by atoms with Gasteiger partial charge in [-0.1, -0.05) is 6.07 Å². The predicted molar refractivity (Wildman–Crippen MR) is 58.7 cm³/mol. The van der Waals surface area contributed by atoms with Crippen LogP contribution in [0.5, 0.6) is 17.2 Å². The largest absolute Gasteiger partial charge is 0.504 e. The van der Waals surface area contributed by atoms with Gasteiger partial charge in [-0.05, 0) is 23.6 Å². The van der Waals surface area contributed by atoms with Gasteiger partial charge in [-0.2, -0.15) is 0 Å². The standard InChI is InChI=1S/C12H11FO3/c1-15-10-5-7-3-4-9(13)12(14)8(7)6-11(10)16-2/h3-6,14H,1-2H3. The maximum absolute atomic E-state index is 13.1. The Hall–Kier alpha value is -1.97. The lowest BCUT2D eigenvalue weighted by Gasteiger charge is -2.10. The highest BCUT2D eigenvalue weighted by atomic mass is 19.1. The summed E-state index contributed by atoms with van der Waals surface area (Å²) in [5.74, 6) is -0.0323. The van der Waals surface area contributed by atoms with Crippen LogP contribution in [0.1, 0.15) is 0 Å². The van der Waals surface area contributed by atoms with E-state index in [4.69, 9.17) is 9.47 Å². The highest BCUT2D eigenvalue weighted by molar-refractivity contribution is 5.91. The van der Waals surface area contributed by atoms with E-state index in [-0.39, 0.29) is 5.75 Å². The lowest BCUT2D eigenvalue weighted by molar-refractivity contribution is 0.355. The Morgan fingerprint density at radius 2 is 1.69 bits per heavy atom. The Kier molecular flexibility index (Phi) is 2.56. The molecule has 0 aliphatic carbocycles. The maximum Gasteiger partial charge on any atom is 0.165 e. The van der Waals surface area contributed by atoms with E-state index in [2.05, 4.69) is 0 Å². The van der Waals surface area contributed by atoms with Gasteiger partial charge in [-0.25, -0.2) is 4.39 Å². The minimum absolute atomic E-state index is 0.376. The van der Waals surface area contributed by atoms with E-state index in [0.717, 1.165) is 0 Å². The predicted octanol–water partition coefficient (Wildman–Crippen LogP) is 2.70. The number of rotatable bonds is 2. The van der Waals surface area contributed by atoms with Crippen molar-refractivity contribution in [1.82, 2.24) is 0 Å². The van der Waals surface area contributed by atoms with Crippen LogP contribution in [0.25, 0.3) is 10.8 Å². The minimum atomic E-state index is -0.653. The molecular weight excluding hydrogens is 211 g/mol. The second-order valence-electron chi connectivity index (χ2n) is 3.32. The molecule has 0 atom stereocenters. The molecule has 84 valence electrons. The number of methoxy groups -OCH3 is 2. The summed E-state index contributed by atoms with van der Waals surface area (Å²) >= 11 is 0. The van der Waals surface area contributed by atoms with Gasteiger partial charge in [0.25, 0.3) is 0 Å². The number of hydrogen-bond donors (Lipinski definition) is 1. The van der Waals surface area contributed by atoms with Gasteiger partial charge >= 0.3 is 0 Å². The van der Waals surface area contributed by atoms with Gasteiger partial charge in [0.05, 0.1) is 14.2 Å². The summed E-state index contributed by atoms with van der Waals surface area (Å²) in [4.78, 5) is 0. The number of phenols is 1. The van der Waals surface area contributed by atoms with Gasteiger partial charge < -0.3 is 14.6 Å². The van der Waals surface area contributed by atoms with Crippen LogP contribution in [0.2, 0.25) is 0 Å². The molecule has 1 N–H and O–H groups in total. The van der Waals surface area contributed by atoms with Crippen molar-refractivity contribution >= 4 is 10.8 Å². The molecule has 0 aromatic heterocycles. The summed E-state index contributed by atoms with van der Waals surface area (Å²) in [6.07, 6.45) is 0. The molecule has 0 spiro atoms. The summed E-state index contributed by atoms with van der Waals surface area (Å²) in [7, 11) is 3.01. The molecule has 0 saturated heterocycles. The Morgan fingerprint density at radius 3 is 2.31 bits per heavy atom. The van der Waals surface area contributed by atoms with Crippen molar-refractivity contribution in [3.8, 4) is 17.2 Å². The Labute approximate surface area is 92.0 Å². The van der Waals surface area contributed by atoms with Gasteiger partial charge in [0, 0.05) is 5.39 Å². The Bertz CT molecular complexity index is 537. The number of hydrogen-bond acceptors (Lipinski definition) is 3. The van der Waals surface area contributed by atoms with E-state index in [1.807, 2.05) is 0 Å². The van der Waals surface area contributed by atoms with Crippen LogP contribution in [-0.2, 0) is 0 Å². The van der Waals surface area contributed by atoms with Crippen LogP contribution in [0.3, 0.4) is 0 Å². The van der Waals surface area contributed by atoms with E-state index in [1.54, 1.807) is 18.2 Å². The fourth-order valence-corrected chi connectivity index (χ4v) is 1.61. The van der Waals surface area contributed by atoms with Crippen LogP contribution < -0.4 is 9.47 Å². The molecule has 2 aromatic carbocycles. The maximum atomic E-state index is 13.1. The number of halogens is 1. The fourth-order valence-electron chi connectivity index (χ4n) is 1.61. The second kappa shape index (κ2) is 3.89. The zero-order valence-corrected chi connectivity index (χ0v) is 8.95. The quantitative estimate of drug-likeness (QED) is 0.849. The monoisotopic (exact) mass is 222 g/mol. The molecule has 0 aliphatic heterocycles. The molecular formula is C12H11FO3. The lowest BCUT2D eigenvalue weighted by atomic mass is 10.1. The first-order valence-corrected chi connectivity index (χ1v) is 4.70. The van der Waals surface area contributed by atoms with Gasteiger partial charge in [0.2, 0.25) is 0 Å². The number of benzene rings is 2. The summed E-state index contributed by atoms with van der Waals surface area (Å²) in [5.41, 5.74) is 0. The molecule has 0 saturated carbocycles. The highest BCUT2D eigenvalue weighted by Crippen LogP contribution is 2.36. The lowest BCUT2D eigenvalue weighted by Crippen LogP contribution is -1.91. The third-order valence-corrected chi connectivity index (χ3v) is 2.45. The zero-order valence-electron chi connectivity index (χ0n) is 8.95. The molecule has 0 aliphatic rings. The van der Waals surface area contributed by atoms with Gasteiger partial charge in [-0.15, -0.1) is 0 Å². The van der Waals surface area contributed by atoms with E-state index < -0.39 is 5.82 Å². The fraction of sp³-hybridized carbons (Fsp3) is 0.167. The average molecular weight is 222 g/mol. The number of aromatic hydroxyl groups is 1. The number of phenolic OH excluding ortho intramolecular Hbond substituents is 1. The van der Waals surface area contributed by atoms with Gasteiger partial charge in [0.1, 0.15) is 0 Å². The van der Waals surface area contributed by atoms with Crippen LogP contribution in [0.15, 0.2) is 24.3 Å². The zero-order chi connectivity index (χ0) is 11.7. The van der Waals surface area contributed by atoms with E-state index in [9.17, 15) is 9.50 Å². The molecule has 0 fully saturated rings. The Balaban J connectivity index is 2.78. The van der Waals surface area contributed by atoms with Gasteiger partial charge in [-0.3, -0.25) is 0 Å². The first-order chi connectivity index (χ1) is 7.67. The molecule has 0 unspecified atom stereocenters. The summed E-state index contributed by atoms with van der Waals surface area (Å²) in [6, 6.07) is 6.02. The van der Waals surface area contributed by atoms with Crippen molar-refractivity contribution in [2.45, 2.75) is 0 Å². The minimum Gasteiger partial charge on any atom is -0.504 e. The topological polar surface area (TPSA) is 38.7 Å². The number of fused-ring (bicyclic) bond motifs is 1. The van der Waals surface area contributed by atoms with Gasteiger partial charge in [0.15, 0.2) is 23.1 Å². The third kappa shape index (κ3) is 1.52. The third-order valence-electron chi connectivity index (χ3n) is 2.45. The van der Waals surface area contributed by atoms with Crippen molar-refractivity contribution in [3.05, 3.63) is 30.1 Å². The molecule has 4 heteroatoms. The molecule has 0 amide bonds. The first kappa shape index (κ1) is 10.5. The van der Waals surface area contributed by atoms with Crippen molar-refractivity contribution in [3.63, 3.8) is 0 Å². The highest BCUT2D eigenvalue weighted by Gasteiger charge is 2.11. The van der Waals surface area contributed by atoms with Crippen molar-refractivity contribution in [1.29, 1.82) is 0 Å². The second-order valence-corrected chi connectivity index (χ2v) is 3.32. The van der Waals surface area contributed by atoms with Crippen LogP contribution in [-0.4, -0.2) is 19.3 Å². The SMILES string of the molecule is COc1cc2ccc(F)c(O)c2cc1OC. The normalized spacial score (nSPS) is 10.4. The molecule has 2 aromatic rings. The summed E-state index contributed by atoms with van der Waals surface area (Å²) < 4.78 is 23.3. The molecule has 16 heavy (non-hydrogen) atoms.